The third-order valence-electron chi connectivity index (χ3n) is 6.98. The number of alkyl halides is 30. The van der Waals surface area contributed by atoms with Gasteiger partial charge in [0.25, 0.3) is 0 Å². The van der Waals surface area contributed by atoms with Crippen LogP contribution >= 0.6 is 0 Å². The number of ether oxygens (including phenoxy) is 7. The van der Waals surface area contributed by atoms with Crippen molar-refractivity contribution in [1.29, 1.82) is 0 Å². The van der Waals surface area contributed by atoms with E-state index in [1.54, 1.807) is 0 Å². The summed E-state index contributed by atoms with van der Waals surface area (Å²) in [6.07, 6.45) is -82.6. The molecular weight excluding hydrogens is 946 g/mol. The van der Waals surface area contributed by atoms with Crippen molar-refractivity contribution in [2.45, 2.75) is 122 Å². The van der Waals surface area contributed by atoms with E-state index in [0.717, 1.165) is 0 Å². The number of epoxide rings is 2. The van der Waals surface area contributed by atoms with E-state index >= 15 is 0 Å². The summed E-state index contributed by atoms with van der Waals surface area (Å²) in [5.41, 5.74) is 0. The van der Waals surface area contributed by atoms with Crippen molar-refractivity contribution in [2.24, 2.45) is 0 Å². The van der Waals surface area contributed by atoms with Gasteiger partial charge in [-0.2, -0.15) is 114 Å². The minimum absolute atomic E-state index is 1.53. The minimum Gasteiger partial charge on any atom is -0.363 e. The molecule has 0 aliphatic carbocycles. The molecule has 2 rings (SSSR count). The predicted molar refractivity (Wildman–Crippen MR) is 113 cm³/mol. The zero-order chi connectivity index (χ0) is 47.1. The van der Waals surface area contributed by atoms with Crippen LogP contribution in [-0.4, -0.2) is 123 Å². The first kappa shape index (κ1) is 52.8. The fourth-order valence-electron chi connectivity index (χ4n) is 3.81. The first-order chi connectivity index (χ1) is 25.6. The summed E-state index contributed by atoms with van der Waals surface area (Å²) in [5.74, 6) is -41.3. The van der Waals surface area contributed by atoms with E-state index in [0.29, 0.717) is 0 Å². The topological polar surface area (TPSA) is 71.2 Å². The summed E-state index contributed by atoms with van der Waals surface area (Å²) in [4.78, 5) is 0. The molecule has 37 heteroatoms. The molecule has 0 saturated carbocycles. The van der Waals surface area contributed by atoms with Gasteiger partial charge in [-0.15, -0.1) is 0 Å². The van der Waals surface area contributed by atoms with Gasteiger partial charge < -0.3 is 14.2 Å². The zero-order valence-corrected chi connectivity index (χ0v) is 26.3. The van der Waals surface area contributed by atoms with Gasteiger partial charge in [0, 0.05) is 12.8 Å². The predicted octanol–water partition coefficient (Wildman–Crippen LogP) is 9.79. The zero-order valence-electron chi connectivity index (χ0n) is 26.3. The van der Waals surface area contributed by atoms with Gasteiger partial charge in [0.1, 0.15) is 25.4 Å². The molecule has 0 aromatic heterocycles. The van der Waals surface area contributed by atoms with Crippen LogP contribution in [0.4, 0.5) is 132 Å². The highest BCUT2D eigenvalue weighted by Crippen LogP contribution is 2.59. The molecule has 0 amide bonds. The van der Waals surface area contributed by atoms with Crippen LogP contribution in [0.1, 0.15) is 12.8 Å². The summed E-state index contributed by atoms with van der Waals surface area (Å²) in [7, 11) is 0. The first-order valence-corrected chi connectivity index (χ1v) is 13.8. The largest absolute Gasteiger partial charge is 0.460 e. The smallest absolute Gasteiger partial charge is 0.363 e. The molecule has 0 aromatic rings. The fraction of sp³-hybridized carbons (Fsp3) is 1.00. The molecule has 2 aliphatic rings. The Morgan fingerprint density at radius 2 is 0.610 bits per heavy atom. The number of rotatable bonds is 22. The van der Waals surface area contributed by atoms with E-state index in [1.807, 2.05) is 0 Å². The Balaban J connectivity index is 2.49. The molecule has 0 spiro atoms. The van der Waals surface area contributed by atoms with Crippen LogP contribution < -0.4 is 0 Å². The maximum absolute atomic E-state index is 14.4. The van der Waals surface area contributed by atoms with E-state index in [2.05, 4.69) is 23.7 Å². The number of hydrogen-bond acceptors (Lipinski definition) is 7. The molecule has 4 unspecified atom stereocenters. The van der Waals surface area contributed by atoms with Crippen LogP contribution in [0.3, 0.4) is 0 Å². The van der Waals surface area contributed by atoms with Crippen LogP contribution in [0.5, 0.6) is 0 Å². The lowest BCUT2D eigenvalue weighted by molar-refractivity contribution is -0.534. The lowest BCUT2D eigenvalue weighted by Gasteiger charge is -2.38. The summed E-state index contributed by atoms with van der Waals surface area (Å²) < 4.78 is 421. The van der Waals surface area contributed by atoms with Crippen molar-refractivity contribution in [1.82, 2.24) is 0 Å². The van der Waals surface area contributed by atoms with Crippen LogP contribution in [0.2, 0.25) is 0 Å². The molecule has 352 valence electrons. The van der Waals surface area contributed by atoms with Crippen LogP contribution in [0.25, 0.3) is 0 Å². The highest BCUT2D eigenvalue weighted by molar-refractivity contribution is 5.01. The first-order valence-electron chi connectivity index (χ1n) is 13.8. The molecule has 4 atom stereocenters. The molecule has 0 N–H and O–H groups in total. The average molecular weight is 958 g/mol. The van der Waals surface area contributed by atoms with Crippen molar-refractivity contribution >= 4 is 0 Å². The van der Waals surface area contributed by atoms with Gasteiger partial charge in [0.05, 0.1) is 0 Å². The third-order valence-corrected chi connectivity index (χ3v) is 6.98. The Kier molecular flexibility index (Phi) is 13.6. The summed E-state index contributed by atoms with van der Waals surface area (Å²) in [6, 6.07) is 0. The van der Waals surface area contributed by atoms with Gasteiger partial charge in [-0.1, -0.05) is 0 Å². The van der Waals surface area contributed by atoms with Crippen molar-refractivity contribution in [3.05, 3.63) is 0 Å². The van der Waals surface area contributed by atoms with Crippen LogP contribution in [-0.2, 0) is 33.2 Å². The van der Waals surface area contributed by atoms with Gasteiger partial charge >= 0.3 is 72.7 Å². The second kappa shape index (κ2) is 15.2. The molecule has 59 heavy (non-hydrogen) atoms. The molecule has 2 aliphatic heterocycles. The number of halogens is 30. The third kappa shape index (κ3) is 9.82. The minimum atomic E-state index is -8.23. The van der Waals surface area contributed by atoms with E-state index in [-0.39, 0.29) is 0 Å². The Morgan fingerprint density at radius 3 is 0.797 bits per heavy atom. The SMILES string of the molecule is FC(F)CC(OC(CC(F)F)C1(OC(F)(F)C(F)(F)OC(F)(F)C(F)(F)C(F)(F)C(F)(F)F)CO1)C1(OC(F)(F)C(F)(F)OC(F)(F)C(F)(F)C(F)(F)C(F)(F)F)CO1. The fourth-order valence-corrected chi connectivity index (χ4v) is 3.81. The average Bonchev–Trinajstić information content (AvgIpc) is 3.90. The maximum atomic E-state index is 14.4. The van der Waals surface area contributed by atoms with Gasteiger partial charge in [0.2, 0.25) is 24.4 Å². The normalized spacial score (nSPS) is 23.6. The molecule has 0 bridgehead atoms. The van der Waals surface area contributed by atoms with Crippen LogP contribution in [0, 0.1) is 0 Å². The molecule has 2 saturated heterocycles. The molecule has 0 radical (unpaired) electrons. The number of hydrogen-bond donors (Lipinski definition) is 0. The van der Waals surface area contributed by atoms with E-state index in [1.165, 1.54) is 9.47 Å². The highest BCUT2D eigenvalue weighted by Gasteiger charge is 2.87. The summed E-state index contributed by atoms with van der Waals surface area (Å²) >= 11 is 0. The van der Waals surface area contributed by atoms with E-state index < -0.39 is 135 Å². The highest BCUT2D eigenvalue weighted by atomic mass is 19.4. The molecule has 7 nitrogen and oxygen atoms in total. The Morgan fingerprint density at radius 1 is 0.373 bits per heavy atom. The van der Waals surface area contributed by atoms with Crippen LogP contribution in [0.15, 0.2) is 0 Å². The molecule has 2 fully saturated rings. The second-order valence-corrected chi connectivity index (χ2v) is 11.4. The standard InChI is InChI=1S/C22H12F30O7/c23-7(24)1-5(9(3-53-9)56-19(45,46)21(49,50)58-17(41,42)13(31,32)11(27,28)15(35,36)37)55-6(2-8(25)26)10(4-54-10)57-20(47,48)22(51,52)59-18(43,44)14(33,34)12(29,30)16(38,39)40/h5-8H,1-4H2. The van der Waals surface area contributed by atoms with Crippen molar-refractivity contribution < 1.29 is 165 Å². The van der Waals surface area contributed by atoms with E-state index in [4.69, 9.17) is 0 Å². The molecule has 0 aromatic carbocycles. The molecular formula is C22H12F30O7. The van der Waals surface area contributed by atoms with Gasteiger partial charge in [0.15, 0.2) is 0 Å². The van der Waals surface area contributed by atoms with Crippen molar-refractivity contribution in [2.75, 3.05) is 13.2 Å². The Labute approximate surface area is 301 Å². The van der Waals surface area contributed by atoms with Gasteiger partial charge in [-0.25, -0.2) is 27.0 Å². The maximum Gasteiger partial charge on any atom is 0.460 e. The van der Waals surface area contributed by atoms with Crippen molar-refractivity contribution in [3.63, 3.8) is 0 Å². The quantitative estimate of drug-likeness (QED) is 0.0791. The van der Waals surface area contributed by atoms with Gasteiger partial charge in [-0.3, -0.25) is 9.47 Å². The Hall–Kier alpha value is -2.38. The lowest BCUT2D eigenvalue weighted by atomic mass is 10.1. The summed E-state index contributed by atoms with van der Waals surface area (Å²) in [6.45, 7) is -4.11. The lowest BCUT2D eigenvalue weighted by Crippen LogP contribution is -2.65. The second-order valence-electron chi connectivity index (χ2n) is 11.4. The Bertz CT molecular complexity index is 1340. The van der Waals surface area contributed by atoms with E-state index in [9.17, 15) is 132 Å². The summed E-state index contributed by atoms with van der Waals surface area (Å²) in [5, 5.41) is 0. The van der Waals surface area contributed by atoms with Crippen molar-refractivity contribution in [3.8, 4) is 0 Å². The molecule has 2 heterocycles. The van der Waals surface area contributed by atoms with Gasteiger partial charge in [-0.05, 0) is 0 Å². The monoisotopic (exact) mass is 958 g/mol.